The van der Waals surface area contributed by atoms with Gasteiger partial charge < -0.3 is 9.72 Å². The maximum atomic E-state index is 12.2. The lowest BCUT2D eigenvalue weighted by molar-refractivity contribution is 0.415. The van der Waals surface area contributed by atoms with Gasteiger partial charge in [0.25, 0.3) is 5.56 Å². The Bertz CT molecular complexity index is 865. The van der Waals surface area contributed by atoms with Crippen LogP contribution in [0.15, 0.2) is 27.8 Å². The van der Waals surface area contributed by atoms with E-state index in [1.54, 1.807) is 18.2 Å². The molecule has 3 aromatic rings. The number of nitrogens with zero attached hydrogens (tertiary/aromatic N) is 2. The molecule has 0 aliphatic carbocycles. The summed E-state index contributed by atoms with van der Waals surface area (Å²) in [4.78, 5) is 26.7. The lowest BCUT2D eigenvalue weighted by Gasteiger charge is -1.98. The molecule has 18 heavy (non-hydrogen) atoms. The van der Waals surface area contributed by atoms with Crippen molar-refractivity contribution in [1.82, 2.24) is 20.4 Å². The van der Waals surface area contributed by atoms with Gasteiger partial charge in [-0.2, -0.15) is 15.4 Å². The Labute approximate surface area is 99.4 Å². The van der Waals surface area contributed by atoms with Crippen LogP contribution in [0.25, 0.3) is 21.9 Å². The molecule has 3 rings (SSSR count). The van der Waals surface area contributed by atoms with Crippen LogP contribution in [0.3, 0.4) is 0 Å². The number of H-pyrrole nitrogens is 2. The summed E-state index contributed by atoms with van der Waals surface area (Å²) in [6.07, 6.45) is 0. The maximum Gasteiger partial charge on any atom is 0.278 e. The molecule has 0 aliphatic rings. The highest BCUT2D eigenvalue weighted by Crippen LogP contribution is 2.15. The van der Waals surface area contributed by atoms with E-state index in [1.165, 1.54) is 7.11 Å². The highest BCUT2D eigenvalue weighted by atomic mass is 16.5. The van der Waals surface area contributed by atoms with Gasteiger partial charge in [0.05, 0.1) is 18.0 Å². The van der Waals surface area contributed by atoms with Gasteiger partial charge in [-0.3, -0.25) is 9.59 Å². The van der Waals surface area contributed by atoms with Crippen LogP contribution >= 0.6 is 0 Å². The molecule has 0 bridgehead atoms. The highest BCUT2D eigenvalue weighted by Gasteiger charge is 2.10. The molecule has 2 aromatic heterocycles. The molecule has 0 radical (unpaired) electrons. The van der Waals surface area contributed by atoms with Crippen molar-refractivity contribution in [2.75, 3.05) is 7.11 Å². The van der Waals surface area contributed by atoms with Gasteiger partial charge in [-0.25, -0.2) is 0 Å². The van der Waals surface area contributed by atoms with Gasteiger partial charge in [0.1, 0.15) is 5.75 Å². The normalized spacial score (nSPS) is 10.9. The summed E-state index contributed by atoms with van der Waals surface area (Å²) in [6, 6.07) is 4.83. The average Bonchev–Trinajstić information content (AvgIpc) is 2.84. The molecule has 0 saturated carbocycles. The molecular weight excluding hydrogens is 236 g/mol. The number of fused-ring (bicyclic) bond motifs is 2. The summed E-state index contributed by atoms with van der Waals surface area (Å²) in [6.45, 7) is 0. The third kappa shape index (κ3) is 1.37. The number of nitrogens with one attached hydrogen (secondary N) is 2. The van der Waals surface area contributed by atoms with Gasteiger partial charge in [0, 0.05) is 0 Å². The monoisotopic (exact) mass is 244 g/mol. The number of hydrogen-bond acceptors (Lipinski definition) is 5. The van der Waals surface area contributed by atoms with Crippen LogP contribution in [0, 0.1) is 0 Å². The Morgan fingerprint density at radius 1 is 1.17 bits per heavy atom. The highest BCUT2D eigenvalue weighted by molar-refractivity contribution is 5.87. The summed E-state index contributed by atoms with van der Waals surface area (Å²) in [5.74, 6) is 0.531. The first-order valence-electron chi connectivity index (χ1n) is 5.15. The zero-order valence-electron chi connectivity index (χ0n) is 9.35. The lowest BCUT2D eigenvalue weighted by atomic mass is 10.2. The second-order valence-electron chi connectivity index (χ2n) is 3.72. The van der Waals surface area contributed by atoms with E-state index in [2.05, 4.69) is 20.4 Å². The van der Waals surface area contributed by atoms with Crippen LogP contribution in [0.1, 0.15) is 0 Å². The Morgan fingerprint density at radius 3 is 2.72 bits per heavy atom. The largest absolute Gasteiger partial charge is 0.497 e. The van der Waals surface area contributed by atoms with Crippen LogP contribution < -0.4 is 15.7 Å². The second-order valence-corrected chi connectivity index (χ2v) is 3.72. The van der Waals surface area contributed by atoms with Crippen molar-refractivity contribution >= 4 is 21.9 Å². The minimum Gasteiger partial charge on any atom is -0.497 e. The van der Waals surface area contributed by atoms with E-state index in [0.29, 0.717) is 16.7 Å². The fraction of sp³-hybridized carbons (Fsp3) is 0.0909. The van der Waals surface area contributed by atoms with Crippen LogP contribution in [0.5, 0.6) is 5.75 Å². The smallest absolute Gasteiger partial charge is 0.278 e. The van der Waals surface area contributed by atoms with E-state index in [1.807, 2.05) is 0 Å². The molecule has 90 valence electrons. The Morgan fingerprint density at radius 2 is 1.94 bits per heavy atom. The average molecular weight is 244 g/mol. The van der Waals surface area contributed by atoms with Gasteiger partial charge in [-0.05, 0) is 18.2 Å². The van der Waals surface area contributed by atoms with E-state index in [4.69, 9.17) is 4.74 Å². The molecule has 0 aliphatic heterocycles. The van der Waals surface area contributed by atoms with Gasteiger partial charge >= 0.3 is 0 Å². The lowest BCUT2D eigenvalue weighted by Crippen LogP contribution is -2.02. The van der Waals surface area contributed by atoms with Crippen LogP contribution in [-0.2, 0) is 0 Å². The number of aromatic amines is 2. The SMILES string of the molecule is COc1ccc2[nH]c(=O)c3n[nH]nc3c(=O)c2c1. The number of hydrogen-bond donors (Lipinski definition) is 2. The molecule has 2 N–H and O–H groups in total. The Balaban J connectivity index is 2.64. The number of ether oxygens (including phenoxy) is 1. The van der Waals surface area contributed by atoms with Crippen LogP contribution in [0.2, 0.25) is 0 Å². The number of rotatable bonds is 1. The van der Waals surface area contributed by atoms with E-state index in [-0.39, 0.29) is 16.5 Å². The van der Waals surface area contributed by atoms with Crippen molar-refractivity contribution in [3.63, 3.8) is 0 Å². The molecule has 0 atom stereocenters. The van der Waals surface area contributed by atoms with Crippen molar-refractivity contribution in [3.8, 4) is 5.75 Å². The third-order valence-electron chi connectivity index (χ3n) is 2.70. The van der Waals surface area contributed by atoms with Gasteiger partial charge in [0.2, 0.25) is 5.43 Å². The molecule has 0 saturated heterocycles. The zero-order valence-corrected chi connectivity index (χ0v) is 9.35. The van der Waals surface area contributed by atoms with Crippen LogP contribution in [-0.4, -0.2) is 27.5 Å². The van der Waals surface area contributed by atoms with E-state index >= 15 is 0 Å². The summed E-state index contributed by atoms with van der Waals surface area (Å²) in [5.41, 5.74) is -0.401. The van der Waals surface area contributed by atoms with Crippen LogP contribution in [0.4, 0.5) is 0 Å². The first-order chi connectivity index (χ1) is 8.70. The van der Waals surface area contributed by atoms with Crippen molar-refractivity contribution in [2.24, 2.45) is 0 Å². The van der Waals surface area contributed by atoms with Crippen molar-refractivity contribution in [3.05, 3.63) is 38.8 Å². The predicted molar refractivity (Wildman–Crippen MR) is 64.8 cm³/mol. The first kappa shape index (κ1) is 10.5. The summed E-state index contributed by atoms with van der Waals surface area (Å²) in [7, 11) is 1.50. The molecule has 0 spiro atoms. The minimum atomic E-state index is -0.462. The van der Waals surface area contributed by atoms with Crippen molar-refractivity contribution in [2.45, 2.75) is 0 Å². The van der Waals surface area contributed by atoms with Crippen molar-refractivity contribution in [1.29, 1.82) is 0 Å². The Hall–Kier alpha value is -2.70. The number of aromatic nitrogens is 4. The fourth-order valence-corrected chi connectivity index (χ4v) is 1.80. The summed E-state index contributed by atoms with van der Waals surface area (Å²) < 4.78 is 5.06. The molecule has 7 heteroatoms. The van der Waals surface area contributed by atoms with E-state index in [9.17, 15) is 9.59 Å². The quantitative estimate of drug-likeness (QED) is 0.635. The molecule has 2 heterocycles. The standard InChI is InChI=1S/C11H8N4O3/c1-18-5-2-3-7-6(4-5)10(16)8-9(11(17)12-7)14-15-13-8/h2-4H,1H3,(H,12,17)(H,13,14,15). The second kappa shape index (κ2) is 3.66. The Kier molecular flexibility index (Phi) is 2.12. The summed E-state index contributed by atoms with van der Waals surface area (Å²) in [5, 5.41) is 9.99. The summed E-state index contributed by atoms with van der Waals surface area (Å²) >= 11 is 0. The van der Waals surface area contributed by atoms with Gasteiger partial charge in [-0.15, -0.1) is 0 Å². The first-order valence-corrected chi connectivity index (χ1v) is 5.15. The number of benzene rings is 1. The molecule has 0 amide bonds. The number of methoxy groups -OCH3 is 1. The fourth-order valence-electron chi connectivity index (χ4n) is 1.80. The van der Waals surface area contributed by atoms with Gasteiger partial charge in [0.15, 0.2) is 11.0 Å². The van der Waals surface area contributed by atoms with E-state index in [0.717, 1.165) is 0 Å². The third-order valence-corrected chi connectivity index (χ3v) is 2.70. The molecule has 1 aromatic carbocycles. The predicted octanol–water partition coefficient (Wildman–Crippen LogP) is 0.168. The topological polar surface area (TPSA) is 101 Å². The molecule has 7 nitrogen and oxygen atoms in total. The molecule has 0 unspecified atom stereocenters. The molecular formula is C11H8N4O3. The van der Waals surface area contributed by atoms with Crippen molar-refractivity contribution < 1.29 is 4.74 Å². The molecule has 0 fully saturated rings. The minimum absolute atomic E-state index is 0.00448. The zero-order chi connectivity index (χ0) is 12.7. The van der Waals surface area contributed by atoms with E-state index < -0.39 is 5.56 Å². The van der Waals surface area contributed by atoms with Gasteiger partial charge in [-0.1, -0.05) is 0 Å². The maximum absolute atomic E-state index is 12.2.